The molecule has 0 saturated carbocycles. The molecule has 0 aliphatic rings. The van der Waals surface area contributed by atoms with E-state index >= 15 is 0 Å². The molecule has 0 aliphatic carbocycles. The molecule has 1 N–H and O–H groups in total. The summed E-state index contributed by atoms with van der Waals surface area (Å²) in [4.78, 5) is 16.6. The van der Waals surface area contributed by atoms with Crippen LogP contribution in [-0.4, -0.2) is 22.7 Å². The van der Waals surface area contributed by atoms with E-state index in [0.717, 1.165) is 22.2 Å². The molecule has 3 aromatic rings. The number of nitrogens with zero attached hydrogens (tertiary/aromatic N) is 1. The number of hydrogen-bond acceptors (Lipinski definition) is 3. The van der Waals surface area contributed by atoms with Crippen molar-refractivity contribution >= 4 is 16.9 Å². The number of ether oxygens (including phenoxy) is 1. The first-order valence-corrected chi connectivity index (χ1v) is 7.89. The summed E-state index contributed by atoms with van der Waals surface area (Å²) in [7, 11) is 0. The van der Waals surface area contributed by atoms with E-state index in [0.29, 0.717) is 23.4 Å². The Balaban J connectivity index is 2.36. The maximum absolute atomic E-state index is 11.8. The van der Waals surface area contributed by atoms with Crippen LogP contribution in [0.4, 0.5) is 0 Å². The molecule has 0 saturated heterocycles. The fraction of sp³-hybridized carbons (Fsp3) is 0.200. The van der Waals surface area contributed by atoms with Gasteiger partial charge in [-0.15, -0.1) is 0 Å². The Hall–Kier alpha value is -2.88. The predicted octanol–water partition coefficient (Wildman–Crippen LogP) is 4.62. The lowest BCUT2D eigenvalue weighted by atomic mass is 9.98. The van der Waals surface area contributed by atoms with Gasteiger partial charge >= 0.3 is 5.97 Å². The highest BCUT2D eigenvalue weighted by molar-refractivity contribution is 6.06. The van der Waals surface area contributed by atoms with E-state index in [9.17, 15) is 9.90 Å². The van der Waals surface area contributed by atoms with Crippen LogP contribution >= 0.6 is 0 Å². The number of benzene rings is 2. The van der Waals surface area contributed by atoms with Gasteiger partial charge in [0.15, 0.2) is 0 Å². The molecule has 0 radical (unpaired) electrons. The number of carboxylic acid groups (broad SMARTS) is 1. The number of rotatable bonds is 4. The third-order valence-corrected chi connectivity index (χ3v) is 4.06. The van der Waals surface area contributed by atoms with Gasteiger partial charge in [-0.1, -0.05) is 24.3 Å². The van der Waals surface area contributed by atoms with Gasteiger partial charge in [0.1, 0.15) is 5.75 Å². The molecule has 0 fully saturated rings. The number of carbonyl (C=O) groups is 1. The fourth-order valence-corrected chi connectivity index (χ4v) is 2.91. The number of aromatic nitrogens is 1. The molecular weight excluding hydrogens is 302 g/mol. The normalized spacial score (nSPS) is 10.8. The molecule has 1 heterocycles. The molecule has 0 aliphatic heterocycles. The number of fused-ring (bicyclic) bond motifs is 1. The van der Waals surface area contributed by atoms with E-state index in [2.05, 4.69) is 0 Å². The molecule has 0 atom stereocenters. The third-order valence-electron chi connectivity index (χ3n) is 4.06. The second-order valence-electron chi connectivity index (χ2n) is 5.71. The molecule has 0 bridgehead atoms. The molecule has 122 valence electrons. The Morgan fingerprint density at radius 2 is 1.83 bits per heavy atom. The molecule has 3 rings (SSSR count). The molecule has 2 aromatic carbocycles. The minimum atomic E-state index is -0.953. The Morgan fingerprint density at radius 1 is 1.12 bits per heavy atom. The first-order chi connectivity index (χ1) is 11.5. The highest BCUT2D eigenvalue weighted by Gasteiger charge is 2.17. The summed E-state index contributed by atoms with van der Waals surface area (Å²) in [5, 5.41) is 10.4. The lowest BCUT2D eigenvalue weighted by molar-refractivity contribution is 0.0699. The van der Waals surface area contributed by atoms with Gasteiger partial charge in [-0.3, -0.25) is 0 Å². The zero-order chi connectivity index (χ0) is 17.3. The molecule has 0 spiro atoms. The summed E-state index contributed by atoms with van der Waals surface area (Å²) in [6.45, 7) is 6.30. The molecule has 24 heavy (non-hydrogen) atoms. The highest BCUT2D eigenvalue weighted by atomic mass is 16.5. The lowest BCUT2D eigenvalue weighted by Crippen LogP contribution is -2.03. The summed E-state index contributed by atoms with van der Waals surface area (Å²) in [6.07, 6.45) is 0. The van der Waals surface area contributed by atoms with Gasteiger partial charge in [-0.25, -0.2) is 9.78 Å². The van der Waals surface area contributed by atoms with Crippen LogP contribution in [0.2, 0.25) is 0 Å². The van der Waals surface area contributed by atoms with Gasteiger partial charge in [0, 0.05) is 10.9 Å². The molecule has 4 nitrogen and oxygen atoms in total. The maximum atomic E-state index is 11.8. The third kappa shape index (κ3) is 2.71. The van der Waals surface area contributed by atoms with Gasteiger partial charge in [-0.2, -0.15) is 0 Å². The summed E-state index contributed by atoms with van der Waals surface area (Å²) in [5.74, 6) is -0.250. The minimum absolute atomic E-state index is 0.266. The number of pyridine rings is 1. The van der Waals surface area contributed by atoms with Crippen molar-refractivity contribution in [3.8, 4) is 17.0 Å². The second kappa shape index (κ2) is 6.32. The van der Waals surface area contributed by atoms with Gasteiger partial charge in [0.05, 0.1) is 23.4 Å². The van der Waals surface area contributed by atoms with Crippen molar-refractivity contribution < 1.29 is 14.6 Å². The molecule has 1 aromatic heterocycles. The first kappa shape index (κ1) is 16.0. The second-order valence-corrected chi connectivity index (χ2v) is 5.71. The monoisotopic (exact) mass is 321 g/mol. The Morgan fingerprint density at radius 3 is 2.54 bits per heavy atom. The Labute approximate surface area is 140 Å². The average molecular weight is 321 g/mol. The van der Waals surface area contributed by atoms with Crippen LogP contribution in [-0.2, 0) is 0 Å². The van der Waals surface area contributed by atoms with E-state index in [1.54, 1.807) is 6.07 Å². The lowest BCUT2D eigenvalue weighted by Gasteiger charge is -2.13. The quantitative estimate of drug-likeness (QED) is 0.762. The van der Waals surface area contributed by atoms with Crippen molar-refractivity contribution in [1.82, 2.24) is 4.98 Å². The smallest absolute Gasteiger partial charge is 0.336 e. The molecule has 4 heteroatoms. The van der Waals surface area contributed by atoms with E-state index in [1.165, 1.54) is 0 Å². The number of para-hydroxylation sites is 1. The summed E-state index contributed by atoms with van der Waals surface area (Å²) in [5.41, 5.74) is 4.25. The number of hydrogen-bond donors (Lipinski definition) is 1. The van der Waals surface area contributed by atoms with Crippen LogP contribution in [0.1, 0.15) is 28.4 Å². The van der Waals surface area contributed by atoms with Crippen molar-refractivity contribution in [2.24, 2.45) is 0 Å². The van der Waals surface area contributed by atoms with Crippen LogP contribution in [0.25, 0.3) is 22.2 Å². The molecule has 0 unspecified atom stereocenters. The van der Waals surface area contributed by atoms with E-state index in [1.807, 2.05) is 57.2 Å². The SMILES string of the molecule is CCOc1ccccc1-c1cc(C(=O)O)c2c(C)ccc(C)c2n1. The van der Waals surface area contributed by atoms with E-state index in [4.69, 9.17) is 9.72 Å². The minimum Gasteiger partial charge on any atom is -0.493 e. The van der Waals surface area contributed by atoms with Gasteiger partial charge in [0.2, 0.25) is 0 Å². The van der Waals surface area contributed by atoms with Crippen molar-refractivity contribution in [2.45, 2.75) is 20.8 Å². The Kier molecular flexibility index (Phi) is 4.21. The summed E-state index contributed by atoms with van der Waals surface area (Å²) in [6, 6.07) is 13.1. The predicted molar refractivity (Wildman–Crippen MR) is 94.8 cm³/mol. The molecule has 0 amide bonds. The number of carboxylic acids is 1. The first-order valence-electron chi connectivity index (χ1n) is 7.89. The summed E-state index contributed by atoms with van der Waals surface area (Å²) >= 11 is 0. The van der Waals surface area contributed by atoms with Crippen molar-refractivity contribution in [2.75, 3.05) is 6.61 Å². The zero-order valence-electron chi connectivity index (χ0n) is 14.0. The summed E-state index contributed by atoms with van der Waals surface area (Å²) < 4.78 is 5.67. The van der Waals surface area contributed by atoms with Gasteiger partial charge < -0.3 is 9.84 Å². The van der Waals surface area contributed by atoms with E-state index < -0.39 is 5.97 Å². The van der Waals surface area contributed by atoms with E-state index in [-0.39, 0.29) is 5.56 Å². The maximum Gasteiger partial charge on any atom is 0.336 e. The zero-order valence-corrected chi connectivity index (χ0v) is 14.0. The van der Waals surface area contributed by atoms with Gasteiger partial charge in [0.25, 0.3) is 0 Å². The number of aryl methyl sites for hydroxylation is 2. The van der Waals surface area contributed by atoms with Crippen molar-refractivity contribution in [3.63, 3.8) is 0 Å². The number of aromatic carboxylic acids is 1. The highest BCUT2D eigenvalue weighted by Crippen LogP contribution is 2.33. The van der Waals surface area contributed by atoms with Crippen LogP contribution in [0.5, 0.6) is 5.75 Å². The Bertz CT molecular complexity index is 932. The van der Waals surface area contributed by atoms with Crippen molar-refractivity contribution in [1.29, 1.82) is 0 Å². The molecular formula is C20H19NO3. The van der Waals surface area contributed by atoms with Crippen LogP contribution in [0, 0.1) is 13.8 Å². The fourth-order valence-electron chi connectivity index (χ4n) is 2.91. The largest absolute Gasteiger partial charge is 0.493 e. The van der Waals surface area contributed by atoms with Crippen molar-refractivity contribution in [3.05, 3.63) is 59.2 Å². The van der Waals surface area contributed by atoms with Crippen LogP contribution in [0.3, 0.4) is 0 Å². The average Bonchev–Trinajstić information content (AvgIpc) is 2.58. The van der Waals surface area contributed by atoms with Gasteiger partial charge in [-0.05, 0) is 50.1 Å². The van der Waals surface area contributed by atoms with Crippen LogP contribution < -0.4 is 4.74 Å². The van der Waals surface area contributed by atoms with Crippen LogP contribution in [0.15, 0.2) is 42.5 Å². The standard InChI is InChI=1S/C20H19NO3/c1-4-24-17-8-6-5-7-14(17)16-11-15(20(22)23)18-12(2)9-10-13(3)19(18)21-16/h5-11H,4H2,1-3H3,(H,22,23). The topological polar surface area (TPSA) is 59.4 Å².